The Hall–Kier alpha value is -1.87. The molecule has 1 atom stereocenters. The van der Waals surface area contributed by atoms with Crippen LogP contribution in [0.3, 0.4) is 0 Å². The highest BCUT2D eigenvalue weighted by Crippen LogP contribution is 2.49. The van der Waals surface area contributed by atoms with E-state index in [4.69, 9.17) is 26.3 Å². The standard InChI is InChI=1S/C20H19ClN2O2S/c21-14-5-8-18-17(12-14)23(10-3-9-22)16-7-6-15(13-19(16)26-18)25-20-4-1-2-11-24-20/h5-8,12-13,20H,1-4,10-11H2. The molecule has 1 saturated heterocycles. The summed E-state index contributed by atoms with van der Waals surface area (Å²) >= 11 is 7.90. The lowest BCUT2D eigenvalue weighted by molar-refractivity contribution is -0.106. The van der Waals surface area contributed by atoms with E-state index in [1.165, 1.54) is 0 Å². The van der Waals surface area contributed by atoms with Gasteiger partial charge in [0.15, 0.2) is 6.29 Å². The highest BCUT2D eigenvalue weighted by Gasteiger charge is 2.25. The average molecular weight is 387 g/mol. The lowest BCUT2D eigenvalue weighted by Crippen LogP contribution is -2.25. The minimum absolute atomic E-state index is 0.156. The van der Waals surface area contributed by atoms with Crippen LogP contribution in [-0.4, -0.2) is 19.4 Å². The molecule has 2 heterocycles. The second kappa shape index (κ2) is 7.79. The van der Waals surface area contributed by atoms with Gasteiger partial charge in [0, 0.05) is 27.8 Å². The van der Waals surface area contributed by atoms with Gasteiger partial charge in [0.2, 0.25) is 0 Å². The molecule has 1 fully saturated rings. The lowest BCUT2D eigenvalue weighted by Gasteiger charge is -2.33. The molecule has 0 aliphatic carbocycles. The molecule has 0 saturated carbocycles. The first-order chi connectivity index (χ1) is 12.7. The van der Waals surface area contributed by atoms with Gasteiger partial charge in [-0.05, 0) is 49.2 Å². The van der Waals surface area contributed by atoms with Crippen molar-refractivity contribution in [3.8, 4) is 11.8 Å². The number of halogens is 1. The van der Waals surface area contributed by atoms with Crippen LogP contribution in [0.1, 0.15) is 25.7 Å². The molecule has 134 valence electrons. The third kappa shape index (κ3) is 3.64. The normalized spacial score (nSPS) is 18.6. The molecular formula is C20H19ClN2O2S. The van der Waals surface area contributed by atoms with Crippen molar-refractivity contribution in [1.82, 2.24) is 0 Å². The molecule has 0 bridgehead atoms. The fourth-order valence-corrected chi connectivity index (χ4v) is 4.54. The second-order valence-corrected chi connectivity index (χ2v) is 7.84. The Bertz CT molecular complexity index is 846. The second-order valence-electron chi connectivity index (χ2n) is 6.32. The number of hydrogen-bond acceptors (Lipinski definition) is 5. The van der Waals surface area contributed by atoms with Crippen LogP contribution in [0.15, 0.2) is 46.2 Å². The van der Waals surface area contributed by atoms with Crippen molar-refractivity contribution in [2.24, 2.45) is 0 Å². The van der Waals surface area contributed by atoms with Gasteiger partial charge in [-0.1, -0.05) is 23.4 Å². The van der Waals surface area contributed by atoms with E-state index in [9.17, 15) is 0 Å². The van der Waals surface area contributed by atoms with E-state index in [-0.39, 0.29) is 6.29 Å². The number of ether oxygens (including phenoxy) is 2. The van der Waals surface area contributed by atoms with Crippen molar-refractivity contribution < 1.29 is 9.47 Å². The zero-order chi connectivity index (χ0) is 17.9. The van der Waals surface area contributed by atoms with Crippen LogP contribution in [0.2, 0.25) is 5.02 Å². The third-order valence-electron chi connectivity index (χ3n) is 4.51. The molecule has 0 aromatic heterocycles. The quantitative estimate of drug-likeness (QED) is 0.668. The zero-order valence-electron chi connectivity index (χ0n) is 14.3. The fraction of sp³-hybridized carbons (Fsp3) is 0.350. The van der Waals surface area contributed by atoms with E-state index in [1.807, 2.05) is 24.3 Å². The minimum atomic E-state index is -0.156. The Morgan fingerprint density at radius 3 is 2.92 bits per heavy atom. The summed E-state index contributed by atoms with van der Waals surface area (Å²) in [5.41, 5.74) is 2.13. The van der Waals surface area contributed by atoms with Crippen LogP contribution in [0.4, 0.5) is 11.4 Å². The molecule has 2 aliphatic rings. The summed E-state index contributed by atoms with van der Waals surface area (Å²) in [7, 11) is 0. The molecular weight excluding hydrogens is 368 g/mol. The van der Waals surface area contributed by atoms with Gasteiger partial charge in [-0.2, -0.15) is 5.26 Å². The molecule has 4 nitrogen and oxygen atoms in total. The van der Waals surface area contributed by atoms with E-state index in [1.54, 1.807) is 11.8 Å². The van der Waals surface area contributed by atoms with Gasteiger partial charge in [0.1, 0.15) is 5.75 Å². The van der Waals surface area contributed by atoms with Gasteiger partial charge in [0.05, 0.1) is 30.5 Å². The van der Waals surface area contributed by atoms with Crippen LogP contribution in [0.5, 0.6) is 5.75 Å². The van der Waals surface area contributed by atoms with Gasteiger partial charge < -0.3 is 14.4 Å². The number of benzene rings is 2. The molecule has 4 rings (SSSR count). The van der Waals surface area contributed by atoms with Crippen LogP contribution < -0.4 is 9.64 Å². The largest absolute Gasteiger partial charge is 0.465 e. The van der Waals surface area contributed by atoms with E-state index in [0.29, 0.717) is 18.0 Å². The summed E-state index contributed by atoms with van der Waals surface area (Å²) in [6.07, 6.45) is 3.47. The number of nitrogens with zero attached hydrogens (tertiary/aromatic N) is 2. The molecule has 1 unspecified atom stereocenters. The van der Waals surface area contributed by atoms with Crippen LogP contribution in [-0.2, 0) is 4.74 Å². The molecule has 0 radical (unpaired) electrons. The molecule has 2 aromatic carbocycles. The maximum Gasteiger partial charge on any atom is 0.199 e. The highest BCUT2D eigenvalue weighted by atomic mass is 35.5. The molecule has 26 heavy (non-hydrogen) atoms. The van der Waals surface area contributed by atoms with Crippen LogP contribution in [0, 0.1) is 11.3 Å². The van der Waals surface area contributed by atoms with E-state index < -0.39 is 0 Å². The summed E-state index contributed by atoms with van der Waals surface area (Å²) in [5.74, 6) is 0.820. The predicted octanol–water partition coefficient (Wildman–Crippen LogP) is 5.76. The maximum absolute atomic E-state index is 9.03. The number of anilines is 2. The van der Waals surface area contributed by atoms with Gasteiger partial charge in [-0.3, -0.25) is 0 Å². The number of rotatable bonds is 4. The van der Waals surface area contributed by atoms with Crippen molar-refractivity contribution in [1.29, 1.82) is 5.26 Å². The monoisotopic (exact) mass is 386 g/mol. The number of fused-ring (bicyclic) bond motifs is 2. The zero-order valence-corrected chi connectivity index (χ0v) is 15.9. The Morgan fingerprint density at radius 1 is 1.19 bits per heavy atom. The first-order valence-corrected chi connectivity index (χ1v) is 9.98. The van der Waals surface area contributed by atoms with Crippen molar-refractivity contribution in [3.05, 3.63) is 41.4 Å². The van der Waals surface area contributed by atoms with Crippen LogP contribution >= 0.6 is 23.4 Å². The first kappa shape index (κ1) is 17.5. The van der Waals surface area contributed by atoms with E-state index >= 15 is 0 Å². The summed E-state index contributed by atoms with van der Waals surface area (Å²) in [5, 5.41) is 9.73. The number of nitriles is 1. The minimum Gasteiger partial charge on any atom is -0.465 e. The molecule has 2 aliphatic heterocycles. The molecule has 6 heteroatoms. The van der Waals surface area contributed by atoms with E-state index in [2.05, 4.69) is 23.1 Å². The van der Waals surface area contributed by atoms with Gasteiger partial charge >= 0.3 is 0 Å². The summed E-state index contributed by atoms with van der Waals surface area (Å²) < 4.78 is 11.7. The third-order valence-corrected chi connectivity index (χ3v) is 5.85. The Morgan fingerprint density at radius 2 is 2.12 bits per heavy atom. The topological polar surface area (TPSA) is 45.5 Å². The molecule has 0 spiro atoms. The summed E-state index contributed by atoms with van der Waals surface area (Å²) in [6, 6.07) is 14.2. The van der Waals surface area contributed by atoms with Crippen molar-refractivity contribution in [2.45, 2.75) is 41.8 Å². The van der Waals surface area contributed by atoms with Gasteiger partial charge in [-0.15, -0.1) is 0 Å². The lowest BCUT2D eigenvalue weighted by atomic mass is 10.2. The molecule has 2 aromatic rings. The average Bonchev–Trinajstić information content (AvgIpc) is 2.66. The van der Waals surface area contributed by atoms with Crippen LogP contribution in [0.25, 0.3) is 0 Å². The molecule has 0 amide bonds. The fourth-order valence-electron chi connectivity index (χ4n) is 3.27. The Kier molecular flexibility index (Phi) is 5.26. The smallest absolute Gasteiger partial charge is 0.199 e. The SMILES string of the molecule is N#CCCN1c2ccc(OC3CCCCO3)cc2Sc2ccc(Cl)cc21. The van der Waals surface area contributed by atoms with Gasteiger partial charge in [0.25, 0.3) is 0 Å². The van der Waals surface area contributed by atoms with Crippen molar-refractivity contribution in [2.75, 3.05) is 18.1 Å². The Balaban J connectivity index is 1.64. The maximum atomic E-state index is 9.03. The van der Waals surface area contributed by atoms with Crippen molar-refractivity contribution in [3.63, 3.8) is 0 Å². The van der Waals surface area contributed by atoms with Gasteiger partial charge in [-0.25, -0.2) is 0 Å². The predicted molar refractivity (Wildman–Crippen MR) is 103 cm³/mol. The summed E-state index contributed by atoms with van der Waals surface area (Å²) in [6.45, 7) is 1.39. The highest BCUT2D eigenvalue weighted by molar-refractivity contribution is 7.99. The van der Waals surface area contributed by atoms with Crippen molar-refractivity contribution >= 4 is 34.7 Å². The molecule has 0 N–H and O–H groups in total. The number of hydrogen-bond donors (Lipinski definition) is 0. The summed E-state index contributed by atoms with van der Waals surface area (Å²) in [4.78, 5) is 4.41. The first-order valence-electron chi connectivity index (χ1n) is 8.79. The van der Waals surface area contributed by atoms with E-state index in [0.717, 1.165) is 52.8 Å². The Labute approximate surface area is 162 Å².